The van der Waals surface area contributed by atoms with Gasteiger partial charge < -0.3 is 10.0 Å². The molecule has 0 aliphatic heterocycles. The molecule has 0 aliphatic rings. The van der Waals surface area contributed by atoms with Crippen molar-refractivity contribution >= 4 is 17.6 Å². The smallest absolute Gasteiger partial charge is 0.338 e. The van der Waals surface area contributed by atoms with Crippen LogP contribution in [0.3, 0.4) is 0 Å². The van der Waals surface area contributed by atoms with Gasteiger partial charge in [-0.2, -0.15) is 0 Å². The van der Waals surface area contributed by atoms with E-state index in [1.54, 1.807) is 0 Å². The number of aromatic nitrogens is 1. The molecule has 5 nitrogen and oxygen atoms in total. The van der Waals surface area contributed by atoms with Gasteiger partial charge in [0.15, 0.2) is 0 Å². The number of hydrogen-bond acceptors (Lipinski definition) is 3. The minimum atomic E-state index is -1.23. The maximum absolute atomic E-state index is 12.9. The lowest BCUT2D eigenvalue weighted by Gasteiger charge is -2.17. The van der Waals surface area contributed by atoms with Gasteiger partial charge in [-0.05, 0) is 36.4 Å². The third-order valence-electron chi connectivity index (χ3n) is 2.76. The van der Waals surface area contributed by atoms with E-state index in [1.165, 1.54) is 54.5 Å². The van der Waals surface area contributed by atoms with Crippen LogP contribution in [0.4, 0.5) is 10.1 Å². The second kappa shape index (κ2) is 5.48. The fraction of sp³-hybridized carbons (Fsp3) is 0.0714. The summed E-state index contributed by atoms with van der Waals surface area (Å²) in [7, 11) is 1.47. The summed E-state index contributed by atoms with van der Waals surface area (Å²) in [4.78, 5) is 28.4. The third-order valence-corrected chi connectivity index (χ3v) is 2.76. The van der Waals surface area contributed by atoms with Crippen LogP contribution in [0.25, 0.3) is 0 Å². The first kappa shape index (κ1) is 13.7. The monoisotopic (exact) mass is 274 g/mol. The number of benzene rings is 1. The fourth-order valence-electron chi connectivity index (χ4n) is 1.69. The molecule has 0 bridgehead atoms. The summed E-state index contributed by atoms with van der Waals surface area (Å²) in [6.45, 7) is 0. The number of pyridine rings is 1. The normalized spacial score (nSPS) is 10.1. The number of carboxylic acids is 1. The van der Waals surface area contributed by atoms with Gasteiger partial charge in [-0.1, -0.05) is 0 Å². The van der Waals surface area contributed by atoms with Crippen molar-refractivity contribution in [3.8, 4) is 0 Å². The fourth-order valence-corrected chi connectivity index (χ4v) is 1.69. The van der Waals surface area contributed by atoms with Crippen molar-refractivity contribution in [1.29, 1.82) is 0 Å². The van der Waals surface area contributed by atoms with Crippen molar-refractivity contribution < 1.29 is 19.1 Å². The number of hydrogen-bond donors (Lipinski definition) is 1. The summed E-state index contributed by atoms with van der Waals surface area (Å²) in [6, 6.07) is 8.04. The SMILES string of the molecule is CN(C(=O)c1ncccc1C(=O)O)c1ccc(F)cc1. The van der Waals surface area contributed by atoms with Gasteiger partial charge in [0, 0.05) is 18.9 Å². The van der Waals surface area contributed by atoms with Crippen molar-refractivity contribution in [2.24, 2.45) is 0 Å². The molecule has 0 saturated heterocycles. The third kappa shape index (κ3) is 2.64. The van der Waals surface area contributed by atoms with Gasteiger partial charge in [0.1, 0.15) is 11.5 Å². The Hall–Kier alpha value is -2.76. The second-order valence-corrected chi connectivity index (χ2v) is 4.05. The van der Waals surface area contributed by atoms with Crippen LogP contribution in [0.2, 0.25) is 0 Å². The van der Waals surface area contributed by atoms with E-state index in [4.69, 9.17) is 5.11 Å². The predicted molar refractivity (Wildman–Crippen MR) is 70.3 cm³/mol. The molecule has 0 spiro atoms. The Labute approximate surface area is 114 Å². The van der Waals surface area contributed by atoms with E-state index in [0.29, 0.717) is 5.69 Å². The molecule has 102 valence electrons. The van der Waals surface area contributed by atoms with E-state index in [2.05, 4.69) is 4.98 Å². The van der Waals surface area contributed by atoms with Gasteiger partial charge in [0.25, 0.3) is 5.91 Å². The Morgan fingerprint density at radius 2 is 1.85 bits per heavy atom. The molecule has 20 heavy (non-hydrogen) atoms. The molecule has 6 heteroatoms. The van der Waals surface area contributed by atoms with E-state index >= 15 is 0 Å². The van der Waals surface area contributed by atoms with Gasteiger partial charge in [0.2, 0.25) is 0 Å². The Kier molecular flexibility index (Phi) is 3.74. The molecule has 1 amide bonds. The van der Waals surface area contributed by atoms with Gasteiger partial charge >= 0.3 is 5.97 Å². The van der Waals surface area contributed by atoms with Gasteiger partial charge in [-0.3, -0.25) is 9.78 Å². The second-order valence-electron chi connectivity index (χ2n) is 4.05. The van der Waals surface area contributed by atoms with Crippen LogP contribution in [0.15, 0.2) is 42.6 Å². The van der Waals surface area contributed by atoms with Gasteiger partial charge in [0.05, 0.1) is 5.56 Å². The number of amides is 1. The Balaban J connectivity index is 2.36. The molecular formula is C14H11FN2O3. The molecule has 1 aromatic carbocycles. The minimum Gasteiger partial charge on any atom is -0.478 e. The highest BCUT2D eigenvalue weighted by Crippen LogP contribution is 2.17. The molecule has 0 saturated carbocycles. The van der Waals surface area contributed by atoms with Gasteiger partial charge in [-0.25, -0.2) is 9.18 Å². The number of nitrogens with zero attached hydrogens (tertiary/aromatic N) is 2. The molecular weight excluding hydrogens is 263 g/mol. The zero-order chi connectivity index (χ0) is 14.7. The summed E-state index contributed by atoms with van der Waals surface area (Å²) in [5.41, 5.74) is 0.108. The maximum atomic E-state index is 12.9. The molecule has 2 rings (SSSR count). The summed E-state index contributed by atoms with van der Waals surface area (Å²) in [5, 5.41) is 9.04. The van der Waals surface area contributed by atoms with Crippen molar-refractivity contribution in [2.75, 3.05) is 11.9 Å². The zero-order valence-corrected chi connectivity index (χ0v) is 10.6. The molecule has 1 heterocycles. The highest BCUT2D eigenvalue weighted by atomic mass is 19.1. The topological polar surface area (TPSA) is 70.5 Å². The lowest BCUT2D eigenvalue weighted by molar-refractivity contribution is 0.0691. The zero-order valence-electron chi connectivity index (χ0n) is 10.6. The first-order valence-corrected chi connectivity index (χ1v) is 5.72. The van der Waals surface area contributed by atoms with Crippen molar-refractivity contribution in [3.05, 3.63) is 59.7 Å². The van der Waals surface area contributed by atoms with Crippen LogP contribution in [0.5, 0.6) is 0 Å². The van der Waals surface area contributed by atoms with Gasteiger partial charge in [-0.15, -0.1) is 0 Å². The molecule has 2 aromatic rings. The summed E-state index contributed by atoms with van der Waals surface area (Å²) in [5.74, 6) is -2.22. The molecule has 0 fully saturated rings. The van der Waals surface area contributed by atoms with E-state index in [-0.39, 0.29) is 11.3 Å². The molecule has 1 N–H and O–H groups in total. The average molecular weight is 274 g/mol. The summed E-state index contributed by atoms with van der Waals surface area (Å²) >= 11 is 0. The lowest BCUT2D eigenvalue weighted by Crippen LogP contribution is -2.28. The Bertz CT molecular complexity index is 656. The number of anilines is 1. The average Bonchev–Trinajstić information content (AvgIpc) is 2.46. The number of carbonyl (C=O) groups is 2. The summed E-state index contributed by atoms with van der Waals surface area (Å²) in [6.07, 6.45) is 1.35. The van der Waals surface area contributed by atoms with Crippen LogP contribution < -0.4 is 4.90 Å². The molecule has 0 unspecified atom stereocenters. The highest BCUT2D eigenvalue weighted by molar-refractivity contribution is 6.10. The largest absolute Gasteiger partial charge is 0.478 e. The van der Waals surface area contributed by atoms with Crippen LogP contribution in [0.1, 0.15) is 20.8 Å². The standard InChI is InChI=1S/C14H11FN2O3/c1-17(10-6-4-9(15)5-7-10)13(18)12-11(14(19)20)3-2-8-16-12/h2-8H,1H3,(H,19,20). The Morgan fingerprint density at radius 1 is 1.20 bits per heavy atom. The van der Waals surface area contributed by atoms with Crippen molar-refractivity contribution in [1.82, 2.24) is 4.98 Å². The molecule has 1 aromatic heterocycles. The molecule has 0 aliphatic carbocycles. The summed E-state index contributed by atoms with van der Waals surface area (Å²) < 4.78 is 12.9. The number of aromatic carboxylic acids is 1. The minimum absolute atomic E-state index is 0.160. The first-order chi connectivity index (χ1) is 9.50. The van der Waals surface area contributed by atoms with E-state index in [9.17, 15) is 14.0 Å². The Morgan fingerprint density at radius 3 is 2.45 bits per heavy atom. The highest BCUT2D eigenvalue weighted by Gasteiger charge is 2.21. The van der Waals surface area contributed by atoms with Crippen LogP contribution in [-0.2, 0) is 0 Å². The number of carbonyl (C=O) groups excluding carboxylic acids is 1. The first-order valence-electron chi connectivity index (χ1n) is 5.72. The van der Waals surface area contributed by atoms with Crippen LogP contribution in [-0.4, -0.2) is 29.0 Å². The van der Waals surface area contributed by atoms with Crippen LogP contribution in [0, 0.1) is 5.82 Å². The van der Waals surface area contributed by atoms with Crippen molar-refractivity contribution in [3.63, 3.8) is 0 Å². The number of halogens is 1. The number of rotatable bonds is 3. The van der Waals surface area contributed by atoms with Crippen LogP contribution >= 0.6 is 0 Å². The van der Waals surface area contributed by atoms with Crippen molar-refractivity contribution in [2.45, 2.75) is 0 Å². The maximum Gasteiger partial charge on any atom is 0.338 e. The number of carboxylic acid groups (broad SMARTS) is 1. The predicted octanol–water partition coefficient (Wildman–Crippen LogP) is 2.20. The van der Waals surface area contributed by atoms with E-state index in [1.807, 2.05) is 0 Å². The van der Waals surface area contributed by atoms with E-state index < -0.39 is 17.7 Å². The van der Waals surface area contributed by atoms with E-state index in [0.717, 1.165) is 0 Å². The molecule has 0 atom stereocenters. The lowest BCUT2D eigenvalue weighted by atomic mass is 10.1. The molecule has 0 radical (unpaired) electrons. The quantitative estimate of drug-likeness (QED) is 0.931.